The smallest absolute Gasteiger partial charge is 0.310 e. The van der Waals surface area contributed by atoms with Crippen molar-refractivity contribution in [2.24, 2.45) is 11.8 Å². The van der Waals surface area contributed by atoms with Crippen LogP contribution in [0.5, 0.6) is 0 Å². The van der Waals surface area contributed by atoms with E-state index in [1.54, 1.807) is 11.6 Å². The maximum atomic E-state index is 12.4. The van der Waals surface area contributed by atoms with E-state index in [2.05, 4.69) is 10.3 Å². The average Bonchev–Trinajstić information content (AvgIpc) is 3.26. The Morgan fingerprint density at radius 1 is 1.35 bits per heavy atom. The zero-order valence-corrected chi connectivity index (χ0v) is 13.6. The zero-order valence-electron chi connectivity index (χ0n) is 12.8. The van der Waals surface area contributed by atoms with Gasteiger partial charge in [0.2, 0.25) is 5.91 Å². The lowest BCUT2D eigenvalue weighted by Crippen LogP contribution is -2.36. The lowest BCUT2D eigenvalue weighted by atomic mass is 9.82. The minimum absolute atomic E-state index is 0.000628. The second-order valence-electron chi connectivity index (χ2n) is 5.75. The number of rotatable bonds is 5. The molecule has 6 nitrogen and oxygen atoms in total. The summed E-state index contributed by atoms with van der Waals surface area (Å²) in [7, 11) is 0. The van der Waals surface area contributed by atoms with E-state index in [1.165, 1.54) is 11.3 Å². The Hall–Kier alpha value is -1.73. The van der Waals surface area contributed by atoms with Crippen molar-refractivity contribution in [3.05, 3.63) is 23.7 Å². The molecule has 1 fully saturated rings. The van der Waals surface area contributed by atoms with Gasteiger partial charge in [-0.15, -0.1) is 11.3 Å². The zero-order chi connectivity index (χ0) is 16.1. The Morgan fingerprint density at radius 3 is 2.87 bits per heavy atom. The summed E-state index contributed by atoms with van der Waals surface area (Å²) < 4.78 is 10.8. The highest BCUT2D eigenvalue weighted by Gasteiger charge is 2.36. The average molecular weight is 336 g/mol. The normalized spacial score (nSPS) is 26.9. The van der Waals surface area contributed by atoms with Gasteiger partial charge in [0.1, 0.15) is 6.61 Å². The van der Waals surface area contributed by atoms with E-state index >= 15 is 0 Å². The van der Waals surface area contributed by atoms with Gasteiger partial charge < -0.3 is 14.8 Å². The molecule has 0 spiro atoms. The van der Waals surface area contributed by atoms with Crippen molar-refractivity contribution < 1.29 is 19.1 Å². The standard InChI is InChI=1S/C16H20N2O4S/c19-14(18-16-17-7-9-23-16)12-5-1-2-6-13(12)15(20)22-10-11-4-3-8-21-11/h1-2,7,9,11-13H,3-6,8,10H2,(H,17,18,19)/t11-,12+,13+/m0/s1. The number of carbonyl (C=O) groups is 2. The first-order valence-electron chi connectivity index (χ1n) is 7.87. The van der Waals surface area contributed by atoms with Gasteiger partial charge in [0, 0.05) is 18.2 Å². The Labute approximate surface area is 138 Å². The first kappa shape index (κ1) is 16.1. The molecule has 1 aliphatic heterocycles. The molecule has 1 aromatic rings. The fraction of sp³-hybridized carbons (Fsp3) is 0.562. The highest BCUT2D eigenvalue weighted by molar-refractivity contribution is 7.13. The number of aromatic nitrogens is 1. The number of ether oxygens (including phenoxy) is 2. The van der Waals surface area contributed by atoms with Gasteiger partial charge in [-0.05, 0) is 25.7 Å². The molecule has 0 bridgehead atoms. The number of hydrogen-bond acceptors (Lipinski definition) is 6. The van der Waals surface area contributed by atoms with Gasteiger partial charge in [-0.2, -0.15) is 0 Å². The third-order valence-corrected chi connectivity index (χ3v) is 4.86. The van der Waals surface area contributed by atoms with Gasteiger partial charge in [0.05, 0.1) is 17.9 Å². The number of anilines is 1. The van der Waals surface area contributed by atoms with Crippen LogP contribution in [0.15, 0.2) is 23.7 Å². The number of carbonyl (C=O) groups excluding carboxylic acids is 2. The van der Waals surface area contributed by atoms with Crippen molar-refractivity contribution in [2.45, 2.75) is 31.8 Å². The molecule has 0 aromatic carbocycles. The molecule has 3 rings (SSSR count). The molecule has 2 heterocycles. The van der Waals surface area contributed by atoms with Gasteiger partial charge in [0.15, 0.2) is 5.13 Å². The predicted octanol–water partition coefficient (Wildman–Crippen LogP) is 2.39. The SMILES string of the molecule is O=C(Nc1nccs1)[C@@H]1CC=CC[C@H]1C(=O)OC[C@@H]1CCCO1. The Kier molecular flexibility index (Phi) is 5.40. The van der Waals surface area contributed by atoms with Gasteiger partial charge in [0.25, 0.3) is 0 Å². The van der Waals surface area contributed by atoms with Crippen LogP contribution in [-0.2, 0) is 19.1 Å². The largest absolute Gasteiger partial charge is 0.463 e. The van der Waals surface area contributed by atoms with E-state index < -0.39 is 11.8 Å². The number of hydrogen-bond donors (Lipinski definition) is 1. The number of nitrogens with zero attached hydrogens (tertiary/aromatic N) is 1. The van der Waals surface area contributed by atoms with Crippen LogP contribution < -0.4 is 5.32 Å². The van der Waals surface area contributed by atoms with E-state index in [9.17, 15) is 9.59 Å². The minimum Gasteiger partial charge on any atom is -0.463 e. The highest BCUT2D eigenvalue weighted by Crippen LogP contribution is 2.28. The van der Waals surface area contributed by atoms with Crippen molar-refractivity contribution >= 4 is 28.3 Å². The Bertz CT molecular complexity index is 567. The van der Waals surface area contributed by atoms with Crippen molar-refractivity contribution in [3.8, 4) is 0 Å². The third kappa shape index (κ3) is 4.17. The molecule has 3 atom stereocenters. The first-order valence-corrected chi connectivity index (χ1v) is 8.75. The predicted molar refractivity (Wildman–Crippen MR) is 86.0 cm³/mol. The fourth-order valence-corrected chi connectivity index (χ4v) is 3.44. The third-order valence-electron chi connectivity index (χ3n) is 4.17. The quantitative estimate of drug-likeness (QED) is 0.660. The fourth-order valence-electron chi connectivity index (χ4n) is 2.91. The van der Waals surface area contributed by atoms with Crippen molar-refractivity contribution in [2.75, 3.05) is 18.5 Å². The molecule has 0 unspecified atom stereocenters. The molecule has 1 aliphatic carbocycles. The molecular weight excluding hydrogens is 316 g/mol. The summed E-state index contributed by atoms with van der Waals surface area (Å²) >= 11 is 1.36. The van der Waals surface area contributed by atoms with Crippen LogP contribution in [0, 0.1) is 11.8 Å². The van der Waals surface area contributed by atoms with Gasteiger partial charge >= 0.3 is 5.97 Å². The molecule has 1 saturated heterocycles. The second kappa shape index (κ2) is 7.70. The molecule has 2 aliphatic rings. The lowest BCUT2D eigenvalue weighted by molar-refractivity contribution is -0.155. The summed E-state index contributed by atoms with van der Waals surface area (Å²) in [5, 5.41) is 5.12. The molecule has 1 N–H and O–H groups in total. The van der Waals surface area contributed by atoms with Crippen molar-refractivity contribution in [1.82, 2.24) is 4.98 Å². The summed E-state index contributed by atoms with van der Waals surface area (Å²) in [6.07, 6.45) is 8.51. The van der Waals surface area contributed by atoms with Crippen LogP contribution >= 0.6 is 11.3 Å². The Balaban J connectivity index is 1.57. The summed E-state index contributed by atoms with van der Waals surface area (Å²) in [6.45, 7) is 1.01. The van der Waals surface area contributed by atoms with Crippen LogP contribution in [0.1, 0.15) is 25.7 Å². The summed E-state index contributed by atoms with van der Waals surface area (Å²) in [4.78, 5) is 28.8. The Morgan fingerprint density at radius 2 is 2.17 bits per heavy atom. The number of esters is 1. The van der Waals surface area contributed by atoms with E-state index in [0.29, 0.717) is 18.0 Å². The van der Waals surface area contributed by atoms with Crippen LogP contribution in [-0.4, -0.2) is 36.2 Å². The molecule has 23 heavy (non-hydrogen) atoms. The summed E-state index contributed by atoms with van der Waals surface area (Å²) in [6, 6.07) is 0. The molecule has 0 saturated carbocycles. The maximum absolute atomic E-state index is 12.4. The van der Waals surface area contributed by atoms with Gasteiger partial charge in [-0.1, -0.05) is 12.2 Å². The number of nitrogens with one attached hydrogen (secondary N) is 1. The molecule has 1 amide bonds. The number of amides is 1. The van der Waals surface area contributed by atoms with Crippen molar-refractivity contribution in [1.29, 1.82) is 0 Å². The maximum Gasteiger partial charge on any atom is 0.310 e. The molecule has 1 aromatic heterocycles. The second-order valence-corrected chi connectivity index (χ2v) is 6.64. The van der Waals surface area contributed by atoms with Crippen LogP contribution in [0.3, 0.4) is 0 Å². The first-order chi connectivity index (χ1) is 11.2. The molecule has 7 heteroatoms. The van der Waals surface area contributed by atoms with E-state index in [-0.39, 0.29) is 24.6 Å². The molecular formula is C16H20N2O4S. The van der Waals surface area contributed by atoms with E-state index in [4.69, 9.17) is 9.47 Å². The van der Waals surface area contributed by atoms with E-state index in [0.717, 1.165) is 19.4 Å². The summed E-state index contributed by atoms with van der Waals surface area (Å²) in [5.41, 5.74) is 0. The molecule has 124 valence electrons. The topological polar surface area (TPSA) is 77.5 Å². The van der Waals surface area contributed by atoms with Crippen LogP contribution in [0.25, 0.3) is 0 Å². The van der Waals surface area contributed by atoms with Gasteiger partial charge in [-0.3, -0.25) is 9.59 Å². The van der Waals surface area contributed by atoms with Gasteiger partial charge in [-0.25, -0.2) is 4.98 Å². The van der Waals surface area contributed by atoms with E-state index in [1.807, 2.05) is 12.2 Å². The van der Waals surface area contributed by atoms with Crippen LogP contribution in [0.2, 0.25) is 0 Å². The number of allylic oxidation sites excluding steroid dienone is 2. The number of thiazole rings is 1. The minimum atomic E-state index is -0.443. The monoisotopic (exact) mass is 336 g/mol. The van der Waals surface area contributed by atoms with Crippen molar-refractivity contribution in [3.63, 3.8) is 0 Å². The van der Waals surface area contributed by atoms with Crippen LogP contribution in [0.4, 0.5) is 5.13 Å². The highest BCUT2D eigenvalue weighted by atomic mass is 32.1. The molecule has 0 radical (unpaired) electrons. The lowest BCUT2D eigenvalue weighted by Gasteiger charge is -2.26. The summed E-state index contributed by atoms with van der Waals surface area (Å²) in [5.74, 6) is -1.35.